The van der Waals surface area contributed by atoms with Gasteiger partial charge in [0.25, 0.3) is 17.9 Å². The van der Waals surface area contributed by atoms with Crippen molar-refractivity contribution >= 4 is 67.2 Å². The number of ether oxygens (including phenoxy) is 1. The van der Waals surface area contributed by atoms with Crippen LogP contribution in [0, 0.1) is 5.92 Å². The van der Waals surface area contributed by atoms with Crippen molar-refractivity contribution in [1.82, 2.24) is 25.4 Å². The van der Waals surface area contributed by atoms with Crippen molar-refractivity contribution in [2.75, 3.05) is 25.4 Å². The molecule has 0 unspecified atom stereocenters. The molecule has 284 valence electrons. The third kappa shape index (κ3) is 9.40. The summed E-state index contributed by atoms with van der Waals surface area (Å²) in [6.45, 7) is 5.03. The lowest BCUT2D eigenvalue weighted by Crippen LogP contribution is -2.76. The first-order valence-electron chi connectivity index (χ1n) is 14.7. The van der Waals surface area contributed by atoms with Crippen molar-refractivity contribution in [3.05, 3.63) is 35.5 Å². The summed E-state index contributed by atoms with van der Waals surface area (Å²) in [5.74, 6) is -5.51. The Morgan fingerprint density at radius 2 is 1.96 bits per heavy atom. The number of carboxylic acid groups (broad SMARTS) is 2. The number of hydrogen-bond donors (Lipinski definition) is 5. The number of rotatable bonds is 13. The van der Waals surface area contributed by atoms with E-state index in [2.05, 4.69) is 29.7 Å². The minimum atomic E-state index is -5.19. The van der Waals surface area contributed by atoms with E-state index in [9.17, 15) is 41.1 Å². The van der Waals surface area contributed by atoms with Crippen LogP contribution in [0.15, 0.2) is 34.9 Å². The number of carbonyl (C=O) groups is 4. The van der Waals surface area contributed by atoms with Gasteiger partial charge in [-0.1, -0.05) is 5.16 Å². The smallest absolute Gasteiger partial charge is 0.430 e. The summed E-state index contributed by atoms with van der Waals surface area (Å²) >= 11 is 0.968. The number of anilines is 1. The fraction of sp³-hybridized carbons (Fsp3) is 0.444. The Bertz CT molecular complexity index is 2000. The molecule has 4 heterocycles. The summed E-state index contributed by atoms with van der Waals surface area (Å²) in [7, 11) is -3.07. The van der Waals surface area contributed by atoms with E-state index >= 15 is 0 Å². The van der Waals surface area contributed by atoms with E-state index in [0.29, 0.717) is 16.7 Å². The lowest BCUT2D eigenvalue weighted by molar-refractivity contribution is -0.751. The van der Waals surface area contributed by atoms with Crippen molar-refractivity contribution in [1.29, 1.82) is 0 Å². The molecule has 6 N–H and O–H groups in total. The Hall–Kier alpha value is -5.11. The van der Waals surface area contributed by atoms with Crippen molar-refractivity contribution in [3.63, 3.8) is 0 Å². The highest BCUT2D eigenvalue weighted by atomic mass is 32.3. The van der Waals surface area contributed by atoms with Crippen molar-refractivity contribution in [3.8, 4) is 5.75 Å². The zero-order valence-electron chi connectivity index (χ0n) is 27.2. The van der Waals surface area contributed by atoms with Crippen molar-refractivity contribution < 1.29 is 74.1 Å². The van der Waals surface area contributed by atoms with Gasteiger partial charge in [-0.3, -0.25) is 14.1 Å². The molecule has 5 rings (SSSR count). The maximum absolute atomic E-state index is 13.2. The molecule has 2 aliphatic heterocycles. The van der Waals surface area contributed by atoms with E-state index in [1.807, 2.05) is 24.0 Å². The van der Waals surface area contributed by atoms with E-state index < -0.39 is 70.3 Å². The van der Waals surface area contributed by atoms with Gasteiger partial charge in [-0.25, -0.2) is 9.78 Å². The van der Waals surface area contributed by atoms with Crippen LogP contribution >= 0.6 is 11.3 Å². The highest BCUT2D eigenvalue weighted by molar-refractivity contribution is 7.80. The predicted molar refractivity (Wildman–Crippen MR) is 167 cm³/mol. The Labute approximate surface area is 295 Å². The van der Waals surface area contributed by atoms with Crippen LogP contribution in [-0.4, -0.2) is 106 Å². The number of nitrogens with zero attached hydrogens (tertiary/aromatic N) is 5. The summed E-state index contributed by atoms with van der Waals surface area (Å²) in [6, 6.07) is 4.05. The van der Waals surface area contributed by atoms with Crippen molar-refractivity contribution in [2.45, 2.75) is 44.3 Å². The van der Waals surface area contributed by atoms with Gasteiger partial charge in [-0.05, 0) is 32.0 Å². The first-order chi connectivity index (χ1) is 24.1. The maximum Gasteiger partial charge on any atom is 0.430 e. The van der Waals surface area contributed by atoms with Gasteiger partial charge in [-0.2, -0.15) is 31.3 Å². The normalized spacial score (nSPS) is 18.1. The van der Waals surface area contributed by atoms with E-state index in [1.165, 1.54) is 19.2 Å². The molecule has 25 heteroatoms. The quantitative estimate of drug-likeness (QED) is 0.0417. The number of nitrogens with one attached hydrogen (secondary N) is 2. The second-order valence-corrected chi connectivity index (χ2v) is 13.7. The van der Waals surface area contributed by atoms with Crippen LogP contribution in [0.1, 0.15) is 19.5 Å². The molecule has 0 bridgehead atoms. The number of hydroxylamine groups is 2. The number of fused-ring (bicyclic) bond motifs is 1. The highest BCUT2D eigenvalue weighted by Crippen LogP contribution is 2.33. The zero-order valence-corrected chi connectivity index (χ0v) is 28.8. The van der Waals surface area contributed by atoms with E-state index in [0.717, 1.165) is 41.9 Å². The number of carbonyl (C=O) groups excluding carboxylic acids is 3. The van der Waals surface area contributed by atoms with Crippen LogP contribution in [0.2, 0.25) is 0 Å². The van der Waals surface area contributed by atoms with E-state index in [4.69, 9.17) is 29.8 Å². The molecule has 2 saturated heterocycles. The average molecular weight is 781 g/mol. The van der Waals surface area contributed by atoms with Crippen molar-refractivity contribution in [2.24, 2.45) is 18.1 Å². The number of alkyl halides is 3. The lowest BCUT2D eigenvalue weighted by atomic mass is 9.84. The zero-order chi connectivity index (χ0) is 38.8. The number of benzene rings is 1. The number of carboxylic acids is 2. The number of halogens is 3. The summed E-state index contributed by atoms with van der Waals surface area (Å²) in [4.78, 5) is 55.7. The number of oxime groups is 1. The largest absolute Gasteiger partial charge is 0.542 e. The maximum atomic E-state index is 13.2. The molecule has 2 amide bonds. The average Bonchev–Trinajstić information content (AvgIpc) is 3.58. The summed E-state index contributed by atoms with van der Waals surface area (Å²) in [5, 5.41) is 30.6. The number of β-lactam (4-membered cyclic amide) rings is 1. The number of aryl methyl sites for hydroxylation is 1. The molecule has 0 aliphatic carbocycles. The Morgan fingerprint density at radius 1 is 1.31 bits per heavy atom. The lowest BCUT2D eigenvalue weighted by Gasteiger charge is -2.50. The third-order valence-corrected chi connectivity index (χ3v) is 8.57. The molecule has 2 aromatic heterocycles. The van der Waals surface area contributed by atoms with Crippen LogP contribution in [-0.2, 0) is 52.3 Å². The summed E-state index contributed by atoms with van der Waals surface area (Å²) < 4.78 is 76.8. The molecular weight excluding hydrogens is 749 g/mol. The highest BCUT2D eigenvalue weighted by Gasteiger charge is 2.58. The molecule has 0 radical (unpaired) electrons. The van der Waals surface area contributed by atoms with E-state index in [-0.39, 0.29) is 10.8 Å². The van der Waals surface area contributed by atoms with Gasteiger partial charge < -0.3 is 40.9 Å². The van der Waals surface area contributed by atoms with Gasteiger partial charge in [0, 0.05) is 24.4 Å². The Kier molecular flexibility index (Phi) is 11.6. The number of nitrogen functional groups attached to an aromatic ring is 1. The molecule has 3 aromatic rings. The molecular formula is C27H31F3N8O12S2. The number of amides is 2. The molecule has 0 saturated carbocycles. The number of thiazole rings is 1. The molecule has 20 nitrogen and oxygen atoms in total. The topological polar surface area (TPSA) is 281 Å². The SMILES string of the molecule is C[n+]1cc2cc(OC[C@H](O/N=C(\C(=O)N[C@@H]3C(=O)N(OS(=O)(=O)O)C3(C)C)c3csc(N)n3)C(=O)O)ccc2n1CC1CNC1.O=C([O-])C(F)(F)F. The van der Waals surface area contributed by atoms with E-state index in [1.54, 1.807) is 12.1 Å². The first-order valence-corrected chi connectivity index (χ1v) is 16.9. The summed E-state index contributed by atoms with van der Waals surface area (Å²) in [6.07, 6.45) is -4.91. The molecule has 2 aliphatic rings. The first kappa shape index (κ1) is 39.7. The second-order valence-electron chi connectivity index (χ2n) is 11.8. The standard InChI is InChI=1S/C25H30N8O10S2.C2HF3O2/c1-25(2)20(22(35)33(25)43-45(38,39)40)29-21(34)19(16-12-44-24(26)28-16)30-42-18(23(36)37)11-41-15-4-5-17-14(6-15)10-31(3)32(17)9-13-7-27-8-13;3-2(4,5)1(6)7/h4-6,10,12-13,18,20,27H,7-9,11H2,1-3H3,(H4-,26,28,29,34,36,37,38,39,40);(H,6,7)/b30-19-;/t18-,20+;/m0./s1. The molecule has 2 atom stereocenters. The van der Waals surface area contributed by atoms with Gasteiger partial charge in [0.2, 0.25) is 6.20 Å². The Morgan fingerprint density at radius 3 is 2.46 bits per heavy atom. The molecule has 0 spiro atoms. The number of aromatic nitrogens is 3. The van der Waals surface area contributed by atoms with Gasteiger partial charge in [0.05, 0.1) is 17.5 Å². The van der Waals surface area contributed by atoms with Crippen LogP contribution in [0.25, 0.3) is 10.9 Å². The second kappa shape index (κ2) is 15.2. The third-order valence-electron chi connectivity index (χ3n) is 7.56. The van der Waals surface area contributed by atoms with Gasteiger partial charge in [0.15, 0.2) is 17.9 Å². The molecule has 52 heavy (non-hydrogen) atoms. The number of aliphatic carboxylic acids is 2. The van der Waals surface area contributed by atoms with Crippen LogP contribution in [0.4, 0.5) is 18.3 Å². The predicted octanol–water partition coefficient (Wildman–Crippen LogP) is -1.88. The summed E-state index contributed by atoms with van der Waals surface area (Å²) in [5.41, 5.74) is 4.69. The van der Waals surface area contributed by atoms with Crippen LogP contribution < -0.4 is 30.9 Å². The number of nitrogens with two attached hydrogens (primary N) is 1. The van der Waals surface area contributed by atoms with Gasteiger partial charge in [0.1, 0.15) is 35.6 Å². The number of hydrogen-bond acceptors (Lipinski definition) is 15. The fourth-order valence-corrected chi connectivity index (χ4v) is 5.81. The minimum absolute atomic E-state index is 0.0679. The fourth-order valence-electron chi connectivity index (χ4n) is 4.81. The van der Waals surface area contributed by atoms with Gasteiger partial charge in [-0.15, -0.1) is 20.3 Å². The van der Waals surface area contributed by atoms with Crippen LogP contribution in [0.3, 0.4) is 0 Å². The van der Waals surface area contributed by atoms with Crippen LogP contribution in [0.5, 0.6) is 5.75 Å². The minimum Gasteiger partial charge on any atom is -0.542 e. The molecule has 2 fully saturated rings. The Balaban J connectivity index is 0.000000785. The molecule has 1 aromatic carbocycles. The monoisotopic (exact) mass is 780 g/mol. The van der Waals surface area contributed by atoms with Gasteiger partial charge >= 0.3 is 22.5 Å².